The van der Waals surface area contributed by atoms with Gasteiger partial charge in [-0.25, -0.2) is 4.39 Å². The normalized spacial score (nSPS) is 25.0. The summed E-state index contributed by atoms with van der Waals surface area (Å²) in [7, 11) is 0. The topological polar surface area (TPSA) is 86.7 Å². The van der Waals surface area contributed by atoms with Crippen molar-refractivity contribution in [1.82, 2.24) is 10.2 Å². The summed E-state index contributed by atoms with van der Waals surface area (Å²) in [6.07, 6.45) is 0.792. The molecule has 0 saturated carbocycles. The smallest absolute Gasteiger partial charge is 0.294 e. The van der Waals surface area contributed by atoms with Crippen molar-refractivity contribution in [3.63, 3.8) is 0 Å². The van der Waals surface area contributed by atoms with Crippen LogP contribution in [0.15, 0.2) is 29.2 Å². The number of aliphatic hydroxyl groups excluding tert-OH is 1. The molecule has 1 aromatic rings. The molecule has 1 aromatic carbocycles. The van der Waals surface area contributed by atoms with Gasteiger partial charge in [0, 0.05) is 11.5 Å². The molecule has 2 aliphatic rings. The molecule has 0 bridgehead atoms. The van der Waals surface area contributed by atoms with Gasteiger partial charge in [0.2, 0.25) is 5.91 Å². The summed E-state index contributed by atoms with van der Waals surface area (Å²) in [5, 5.41) is 11.8. The van der Waals surface area contributed by atoms with E-state index in [2.05, 4.69) is 5.32 Å². The lowest BCUT2D eigenvalue weighted by molar-refractivity contribution is -0.129. The van der Waals surface area contributed by atoms with Crippen LogP contribution in [0.2, 0.25) is 0 Å². The third-order valence-corrected chi connectivity index (χ3v) is 5.80. The van der Waals surface area contributed by atoms with Gasteiger partial charge in [0.25, 0.3) is 11.1 Å². The first kappa shape index (κ1) is 18.0. The molecular weight excluding hydrogens is 367 g/mol. The van der Waals surface area contributed by atoms with Gasteiger partial charge in [-0.15, -0.1) is 0 Å². The minimum atomic E-state index is -0.628. The highest BCUT2D eigenvalue weighted by Crippen LogP contribution is 2.32. The van der Waals surface area contributed by atoms with Crippen LogP contribution < -0.4 is 5.32 Å². The van der Waals surface area contributed by atoms with Crippen molar-refractivity contribution in [3.8, 4) is 0 Å². The summed E-state index contributed by atoms with van der Waals surface area (Å²) >= 11 is 2.23. The second kappa shape index (κ2) is 7.59. The lowest BCUT2D eigenvalue weighted by atomic mass is 10.2. The maximum atomic E-state index is 13.2. The SMILES string of the molecule is O=C(CN1C(=O)S/C(=C\c2cccc(F)c2)C1=O)NC1CSCC1O. The highest BCUT2D eigenvalue weighted by Gasteiger charge is 2.37. The summed E-state index contributed by atoms with van der Waals surface area (Å²) in [6.45, 7) is -0.404. The van der Waals surface area contributed by atoms with Gasteiger partial charge in [0.15, 0.2) is 0 Å². The minimum absolute atomic E-state index is 0.139. The minimum Gasteiger partial charge on any atom is -0.390 e. The molecule has 2 unspecified atom stereocenters. The van der Waals surface area contributed by atoms with E-state index >= 15 is 0 Å². The lowest BCUT2D eigenvalue weighted by Gasteiger charge is -2.18. The number of benzene rings is 1. The Hall–Kier alpha value is -1.84. The molecule has 3 amide bonds. The molecule has 0 aromatic heterocycles. The summed E-state index contributed by atoms with van der Waals surface area (Å²) in [4.78, 5) is 37.4. The number of amides is 3. The monoisotopic (exact) mass is 382 g/mol. The van der Waals surface area contributed by atoms with Crippen molar-refractivity contribution in [2.45, 2.75) is 12.1 Å². The van der Waals surface area contributed by atoms with Gasteiger partial charge in [-0.05, 0) is 35.5 Å². The van der Waals surface area contributed by atoms with Crippen LogP contribution in [-0.4, -0.2) is 57.3 Å². The van der Waals surface area contributed by atoms with Crippen molar-refractivity contribution in [1.29, 1.82) is 0 Å². The third-order valence-electron chi connectivity index (χ3n) is 3.72. The number of nitrogens with zero attached hydrogens (tertiary/aromatic N) is 1. The van der Waals surface area contributed by atoms with E-state index in [0.717, 1.165) is 4.90 Å². The van der Waals surface area contributed by atoms with E-state index in [9.17, 15) is 23.9 Å². The van der Waals surface area contributed by atoms with Crippen LogP contribution in [0.4, 0.5) is 9.18 Å². The zero-order valence-corrected chi connectivity index (χ0v) is 14.6. The van der Waals surface area contributed by atoms with E-state index in [1.807, 2.05) is 0 Å². The van der Waals surface area contributed by atoms with Crippen LogP contribution in [0.25, 0.3) is 6.08 Å². The molecule has 3 rings (SSSR count). The van der Waals surface area contributed by atoms with Gasteiger partial charge in [0.05, 0.1) is 17.1 Å². The van der Waals surface area contributed by atoms with Gasteiger partial charge < -0.3 is 10.4 Å². The van der Waals surface area contributed by atoms with Crippen molar-refractivity contribution in [2.24, 2.45) is 0 Å². The molecule has 0 aliphatic carbocycles. The summed E-state index contributed by atoms with van der Waals surface area (Å²) < 4.78 is 13.2. The Labute approximate surface area is 151 Å². The maximum absolute atomic E-state index is 13.2. The molecule has 132 valence electrons. The van der Waals surface area contributed by atoms with E-state index in [4.69, 9.17) is 0 Å². The Bertz CT molecular complexity index is 755. The molecular formula is C16H15FN2O4S2. The number of thioether (sulfide) groups is 2. The lowest BCUT2D eigenvalue weighted by Crippen LogP contribution is -2.47. The predicted molar refractivity (Wildman–Crippen MR) is 94.3 cm³/mol. The van der Waals surface area contributed by atoms with Crippen LogP contribution in [0, 0.1) is 5.82 Å². The molecule has 9 heteroatoms. The largest absolute Gasteiger partial charge is 0.390 e. The first-order valence-electron chi connectivity index (χ1n) is 7.50. The molecule has 0 spiro atoms. The molecule has 2 N–H and O–H groups in total. The van der Waals surface area contributed by atoms with Gasteiger partial charge >= 0.3 is 0 Å². The van der Waals surface area contributed by atoms with E-state index < -0.39 is 35.5 Å². The third kappa shape index (κ3) is 4.23. The summed E-state index contributed by atoms with van der Waals surface area (Å²) in [6, 6.07) is 5.27. The molecule has 2 atom stereocenters. The highest BCUT2D eigenvalue weighted by molar-refractivity contribution is 8.18. The van der Waals surface area contributed by atoms with Crippen LogP contribution in [0.1, 0.15) is 5.56 Å². The average Bonchev–Trinajstić information content (AvgIpc) is 3.06. The van der Waals surface area contributed by atoms with Gasteiger partial charge in [-0.1, -0.05) is 12.1 Å². The zero-order chi connectivity index (χ0) is 18.0. The standard InChI is InChI=1S/C16H15FN2O4S2/c17-10-3-1-2-9(4-10)5-13-15(22)19(16(23)25-13)6-14(21)18-11-7-24-8-12(11)20/h1-5,11-12,20H,6-8H2,(H,18,21)/b13-5-. The van der Waals surface area contributed by atoms with E-state index in [1.165, 1.54) is 36.0 Å². The van der Waals surface area contributed by atoms with Crippen molar-refractivity contribution in [2.75, 3.05) is 18.1 Å². The van der Waals surface area contributed by atoms with Crippen LogP contribution in [0.5, 0.6) is 0 Å². The number of halogens is 1. The number of rotatable bonds is 4. The Morgan fingerprint density at radius 2 is 2.20 bits per heavy atom. The zero-order valence-electron chi connectivity index (χ0n) is 13.0. The second-order valence-electron chi connectivity index (χ2n) is 5.60. The van der Waals surface area contributed by atoms with Crippen molar-refractivity contribution < 1.29 is 23.9 Å². The number of nitrogens with one attached hydrogen (secondary N) is 1. The second-order valence-corrected chi connectivity index (χ2v) is 7.67. The fourth-order valence-corrected chi connectivity index (χ4v) is 4.47. The fraction of sp³-hybridized carbons (Fsp3) is 0.312. The van der Waals surface area contributed by atoms with Gasteiger partial charge in [-0.3, -0.25) is 19.3 Å². The fourth-order valence-electron chi connectivity index (χ4n) is 2.46. The number of carbonyl (C=O) groups excluding carboxylic acids is 3. The molecule has 0 radical (unpaired) electrons. The average molecular weight is 382 g/mol. The van der Waals surface area contributed by atoms with Crippen molar-refractivity contribution in [3.05, 3.63) is 40.6 Å². The number of hydrogen-bond acceptors (Lipinski definition) is 6. The number of imide groups is 1. The molecule has 2 aliphatic heterocycles. The Kier molecular flexibility index (Phi) is 5.45. The quantitative estimate of drug-likeness (QED) is 0.767. The van der Waals surface area contributed by atoms with Crippen molar-refractivity contribution >= 4 is 46.7 Å². The van der Waals surface area contributed by atoms with Crippen LogP contribution >= 0.6 is 23.5 Å². The first-order chi connectivity index (χ1) is 11.9. The van der Waals surface area contributed by atoms with E-state index in [0.29, 0.717) is 28.8 Å². The Balaban J connectivity index is 1.66. The van der Waals surface area contributed by atoms with E-state index in [1.54, 1.807) is 6.07 Å². The van der Waals surface area contributed by atoms with Crippen LogP contribution in [0.3, 0.4) is 0 Å². The van der Waals surface area contributed by atoms with Gasteiger partial charge in [0.1, 0.15) is 12.4 Å². The first-order valence-corrected chi connectivity index (χ1v) is 9.47. The number of aliphatic hydroxyl groups is 1. The van der Waals surface area contributed by atoms with Crippen LogP contribution in [-0.2, 0) is 9.59 Å². The summed E-state index contributed by atoms with van der Waals surface area (Å²) in [5.41, 5.74) is 0.459. The Morgan fingerprint density at radius 3 is 2.88 bits per heavy atom. The number of hydrogen-bond donors (Lipinski definition) is 2. The molecule has 2 fully saturated rings. The molecule has 6 nitrogen and oxygen atoms in total. The Morgan fingerprint density at radius 1 is 1.40 bits per heavy atom. The van der Waals surface area contributed by atoms with Gasteiger partial charge in [-0.2, -0.15) is 11.8 Å². The highest BCUT2D eigenvalue weighted by atomic mass is 32.2. The number of carbonyl (C=O) groups is 3. The van der Waals surface area contributed by atoms with E-state index in [-0.39, 0.29) is 10.9 Å². The molecule has 2 saturated heterocycles. The summed E-state index contributed by atoms with van der Waals surface area (Å²) in [5.74, 6) is -0.395. The predicted octanol–water partition coefficient (Wildman–Crippen LogP) is 1.45. The molecule has 25 heavy (non-hydrogen) atoms. The molecule has 2 heterocycles. The maximum Gasteiger partial charge on any atom is 0.294 e.